The summed E-state index contributed by atoms with van der Waals surface area (Å²) in [5, 5.41) is 2.86. The third-order valence-corrected chi connectivity index (χ3v) is 6.35. The summed E-state index contributed by atoms with van der Waals surface area (Å²) in [4.78, 5) is 0. The van der Waals surface area contributed by atoms with Crippen LogP contribution in [0.1, 0.15) is 33.1 Å². The van der Waals surface area contributed by atoms with E-state index in [0.29, 0.717) is 6.54 Å². The lowest BCUT2D eigenvalue weighted by atomic mass is 9.65. The van der Waals surface area contributed by atoms with Gasteiger partial charge in [0.15, 0.2) is 0 Å². The smallest absolute Gasteiger partial charge is 0.216 e. The van der Waals surface area contributed by atoms with Crippen molar-refractivity contribution in [1.82, 2.24) is 10.0 Å². The highest BCUT2D eigenvalue weighted by Crippen LogP contribution is 2.42. The normalized spacial score (nSPS) is 36.1. The summed E-state index contributed by atoms with van der Waals surface area (Å²) in [7, 11) is -1.53. The Kier molecular flexibility index (Phi) is 4.02. The van der Waals surface area contributed by atoms with Gasteiger partial charge in [0.25, 0.3) is 0 Å². The van der Waals surface area contributed by atoms with E-state index in [1.807, 2.05) is 0 Å². The highest BCUT2D eigenvalue weighted by molar-refractivity contribution is 7.90. The molecule has 0 amide bonds. The fourth-order valence-electron chi connectivity index (χ4n) is 2.86. The van der Waals surface area contributed by atoms with Crippen LogP contribution in [0.25, 0.3) is 0 Å². The predicted molar refractivity (Wildman–Crippen MR) is 70.9 cm³/mol. The molecule has 0 bridgehead atoms. The SMILES string of the molecule is COC1CC(NS(=O)(=O)C2CCCNC2)C1(C)C. The molecule has 0 aromatic rings. The fourth-order valence-corrected chi connectivity index (χ4v) is 4.67. The lowest BCUT2D eigenvalue weighted by Gasteiger charge is -2.51. The van der Waals surface area contributed by atoms with E-state index in [4.69, 9.17) is 4.74 Å². The Morgan fingerprint density at radius 1 is 1.39 bits per heavy atom. The monoisotopic (exact) mass is 276 g/mol. The van der Waals surface area contributed by atoms with E-state index in [9.17, 15) is 8.42 Å². The second-order valence-electron chi connectivity index (χ2n) is 5.97. The van der Waals surface area contributed by atoms with Crippen LogP contribution < -0.4 is 10.0 Å². The molecule has 6 heteroatoms. The van der Waals surface area contributed by atoms with Gasteiger partial charge in [0.05, 0.1) is 11.4 Å². The number of ether oxygens (including phenoxy) is 1. The van der Waals surface area contributed by atoms with Crippen molar-refractivity contribution in [2.75, 3.05) is 20.2 Å². The Morgan fingerprint density at radius 2 is 2.11 bits per heavy atom. The van der Waals surface area contributed by atoms with Crippen molar-refractivity contribution in [1.29, 1.82) is 0 Å². The molecule has 1 aliphatic carbocycles. The molecule has 2 fully saturated rings. The summed E-state index contributed by atoms with van der Waals surface area (Å²) < 4.78 is 32.8. The highest BCUT2D eigenvalue weighted by atomic mass is 32.2. The maximum absolute atomic E-state index is 12.3. The zero-order valence-electron chi connectivity index (χ0n) is 11.4. The minimum Gasteiger partial charge on any atom is -0.381 e. The topological polar surface area (TPSA) is 67.4 Å². The predicted octanol–water partition coefficient (Wildman–Crippen LogP) is 0.471. The molecule has 2 N–H and O–H groups in total. The van der Waals surface area contributed by atoms with Gasteiger partial charge in [-0.25, -0.2) is 13.1 Å². The van der Waals surface area contributed by atoms with E-state index >= 15 is 0 Å². The molecule has 3 unspecified atom stereocenters. The van der Waals surface area contributed by atoms with E-state index in [-0.39, 0.29) is 22.8 Å². The summed E-state index contributed by atoms with van der Waals surface area (Å²) >= 11 is 0. The first-order valence-corrected chi connectivity index (χ1v) is 8.17. The first-order valence-electron chi connectivity index (χ1n) is 6.62. The standard InChI is InChI=1S/C12H24N2O3S/c1-12(2)10(7-11(12)17-3)14-18(15,16)9-5-4-6-13-8-9/h9-11,13-14H,4-8H2,1-3H3. The summed E-state index contributed by atoms with van der Waals surface area (Å²) in [6.07, 6.45) is 2.60. The first kappa shape index (κ1) is 14.2. The van der Waals surface area contributed by atoms with Gasteiger partial charge < -0.3 is 10.1 Å². The van der Waals surface area contributed by atoms with Crippen molar-refractivity contribution in [3.8, 4) is 0 Å². The second kappa shape index (κ2) is 5.07. The molecule has 2 rings (SSSR count). The molecule has 1 saturated heterocycles. The van der Waals surface area contributed by atoms with Gasteiger partial charge in [0, 0.05) is 25.1 Å². The van der Waals surface area contributed by atoms with E-state index < -0.39 is 10.0 Å². The maximum Gasteiger partial charge on any atom is 0.216 e. The molecule has 1 saturated carbocycles. The Hall–Kier alpha value is -0.170. The Labute approximate surface area is 110 Å². The van der Waals surface area contributed by atoms with Gasteiger partial charge in [-0.1, -0.05) is 13.8 Å². The number of rotatable bonds is 4. The summed E-state index contributed by atoms with van der Waals surface area (Å²) in [6, 6.07) is -0.00521. The minimum atomic E-state index is -3.21. The molecule has 1 aliphatic heterocycles. The molecular formula is C12H24N2O3S. The lowest BCUT2D eigenvalue weighted by Crippen LogP contribution is -2.63. The minimum absolute atomic E-state index is 0.00521. The van der Waals surface area contributed by atoms with Crippen molar-refractivity contribution in [3.05, 3.63) is 0 Å². The molecule has 5 nitrogen and oxygen atoms in total. The molecule has 3 atom stereocenters. The second-order valence-corrected chi connectivity index (χ2v) is 7.96. The van der Waals surface area contributed by atoms with Crippen LogP contribution in [0.2, 0.25) is 0 Å². The third kappa shape index (κ3) is 2.57. The van der Waals surface area contributed by atoms with Crippen LogP contribution >= 0.6 is 0 Å². The largest absolute Gasteiger partial charge is 0.381 e. The van der Waals surface area contributed by atoms with Crippen LogP contribution in [-0.2, 0) is 14.8 Å². The van der Waals surface area contributed by atoms with E-state index in [1.54, 1.807) is 7.11 Å². The summed E-state index contributed by atoms with van der Waals surface area (Å²) in [5.74, 6) is 0. The van der Waals surface area contributed by atoms with Gasteiger partial charge >= 0.3 is 0 Å². The van der Waals surface area contributed by atoms with Crippen molar-refractivity contribution >= 4 is 10.0 Å². The van der Waals surface area contributed by atoms with E-state index in [0.717, 1.165) is 25.8 Å². The molecule has 0 radical (unpaired) electrons. The molecule has 2 aliphatic rings. The molecule has 106 valence electrons. The van der Waals surface area contributed by atoms with Crippen LogP contribution in [0.5, 0.6) is 0 Å². The van der Waals surface area contributed by atoms with Crippen LogP contribution in [0.15, 0.2) is 0 Å². The zero-order chi connectivity index (χ0) is 13.4. The van der Waals surface area contributed by atoms with Gasteiger partial charge in [0.2, 0.25) is 10.0 Å². The number of nitrogens with one attached hydrogen (secondary N) is 2. The molecule has 0 spiro atoms. The number of piperidine rings is 1. The van der Waals surface area contributed by atoms with E-state index in [2.05, 4.69) is 23.9 Å². The van der Waals surface area contributed by atoms with Crippen LogP contribution in [-0.4, -0.2) is 46.0 Å². The summed E-state index contributed by atoms with van der Waals surface area (Å²) in [6.45, 7) is 5.59. The van der Waals surface area contributed by atoms with Gasteiger partial charge in [-0.3, -0.25) is 0 Å². The lowest BCUT2D eigenvalue weighted by molar-refractivity contribution is -0.0909. The molecule has 0 aromatic heterocycles. The summed E-state index contributed by atoms with van der Waals surface area (Å²) in [5.41, 5.74) is -0.121. The Bertz CT molecular complexity index is 388. The molecule has 18 heavy (non-hydrogen) atoms. The fraction of sp³-hybridized carbons (Fsp3) is 1.00. The van der Waals surface area contributed by atoms with Gasteiger partial charge in [-0.05, 0) is 25.8 Å². The zero-order valence-corrected chi connectivity index (χ0v) is 12.2. The van der Waals surface area contributed by atoms with Crippen molar-refractivity contribution in [2.45, 2.75) is 50.5 Å². The van der Waals surface area contributed by atoms with Crippen molar-refractivity contribution in [2.24, 2.45) is 5.41 Å². The highest BCUT2D eigenvalue weighted by Gasteiger charge is 2.50. The average molecular weight is 276 g/mol. The average Bonchev–Trinajstić information content (AvgIpc) is 2.35. The van der Waals surface area contributed by atoms with Gasteiger partial charge in [-0.15, -0.1) is 0 Å². The molecule has 0 aromatic carbocycles. The maximum atomic E-state index is 12.3. The van der Waals surface area contributed by atoms with Crippen LogP contribution in [0, 0.1) is 5.41 Å². The molecule has 1 heterocycles. The third-order valence-electron chi connectivity index (χ3n) is 4.46. The molecular weight excluding hydrogens is 252 g/mol. The quantitative estimate of drug-likeness (QED) is 0.783. The number of hydrogen-bond acceptors (Lipinski definition) is 4. The first-order chi connectivity index (χ1) is 8.38. The van der Waals surface area contributed by atoms with Crippen LogP contribution in [0.4, 0.5) is 0 Å². The number of sulfonamides is 1. The number of hydrogen-bond donors (Lipinski definition) is 2. The van der Waals surface area contributed by atoms with Gasteiger partial charge in [0.1, 0.15) is 0 Å². The van der Waals surface area contributed by atoms with Crippen LogP contribution in [0.3, 0.4) is 0 Å². The Morgan fingerprint density at radius 3 is 2.61 bits per heavy atom. The van der Waals surface area contributed by atoms with Crippen molar-refractivity contribution in [3.63, 3.8) is 0 Å². The van der Waals surface area contributed by atoms with Crippen molar-refractivity contribution < 1.29 is 13.2 Å². The van der Waals surface area contributed by atoms with E-state index in [1.165, 1.54) is 0 Å². The van der Waals surface area contributed by atoms with Gasteiger partial charge in [-0.2, -0.15) is 0 Å². The Balaban J connectivity index is 1.97. The number of methoxy groups -OCH3 is 1.